The van der Waals surface area contributed by atoms with Gasteiger partial charge in [0.1, 0.15) is 6.04 Å². The number of carbonyl (C=O) groups is 2. The molecule has 1 fully saturated rings. The quantitative estimate of drug-likeness (QED) is 0.677. The van der Waals surface area contributed by atoms with Crippen LogP contribution in [0.15, 0.2) is 24.3 Å². The average Bonchev–Trinajstić information content (AvgIpc) is 2.48. The first-order chi connectivity index (χ1) is 11.0. The van der Waals surface area contributed by atoms with E-state index < -0.39 is 0 Å². The van der Waals surface area contributed by atoms with Gasteiger partial charge in [0.2, 0.25) is 5.91 Å². The fourth-order valence-corrected chi connectivity index (χ4v) is 2.31. The molecule has 23 heavy (non-hydrogen) atoms. The lowest BCUT2D eigenvalue weighted by atomic mass is 10.1. The number of amides is 3. The van der Waals surface area contributed by atoms with Crippen molar-refractivity contribution < 1.29 is 14.3 Å². The van der Waals surface area contributed by atoms with E-state index in [1.165, 1.54) is 0 Å². The van der Waals surface area contributed by atoms with Crippen molar-refractivity contribution in [3.63, 3.8) is 0 Å². The van der Waals surface area contributed by atoms with Gasteiger partial charge in [-0.1, -0.05) is 0 Å². The Morgan fingerprint density at radius 3 is 2.35 bits per heavy atom. The van der Waals surface area contributed by atoms with Crippen molar-refractivity contribution in [2.75, 3.05) is 23.8 Å². The Kier molecular flexibility index (Phi) is 5.95. The van der Waals surface area contributed by atoms with E-state index in [-0.39, 0.29) is 30.1 Å². The first-order valence-electron chi connectivity index (χ1n) is 7.79. The molecule has 1 aromatic carbocycles. The highest BCUT2D eigenvalue weighted by atomic mass is 16.5. The first-order valence-corrected chi connectivity index (χ1v) is 7.79. The number of rotatable bonds is 4. The smallest absolute Gasteiger partial charge is 0.319 e. The number of benzene rings is 1. The Bertz CT molecular complexity index is 545. The maximum Gasteiger partial charge on any atom is 0.319 e. The standard InChI is InChI=1S/C16H24N4O3/c1-10(2)18-16(22)20-13-6-4-12(5-7-13)19-15(21)14-11(3)23-9-8-17-14/h4-7,10-11,14,17H,8-9H2,1-3H3,(H,19,21)(H2,18,20,22)/t11-,14+/m1/s1. The van der Waals surface area contributed by atoms with E-state index in [9.17, 15) is 9.59 Å². The van der Waals surface area contributed by atoms with Crippen LogP contribution in [0.3, 0.4) is 0 Å². The molecule has 0 saturated carbocycles. The molecule has 1 heterocycles. The normalized spacial score (nSPS) is 20.9. The van der Waals surface area contributed by atoms with Gasteiger partial charge in [-0.15, -0.1) is 0 Å². The molecule has 0 radical (unpaired) electrons. The van der Waals surface area contributed by atoms with Crippen molar-refractivity contribution in [1.82, 2.24) is 10.6 Å². The summed E-state index contributed by atoms with van der Waals surface area (Å²) in [7, 11) is 0. The molecule has 4 N–H and O–H groups in total. The summed E-state index contributed by atoms with van der Waals surface area (Å²) in [5, 5.41) is 11.5. The van der Waals surface area contributed by atoms with Gasteiger partial charge in [0.15, 0.2) is 0 Å². The van der Waals surface area contributed by atoms with Crippen LogP contribution in [0.25, 0.3) is 0 Å². The lowest BCUT2D eigenvalue weighted by molar-refractivity contribution is -0.123. The van der Waals surface area contributed by atoms with Crippen molar-refractivity contribution in [3.05, 3.63) is 24.3 Å². The first kappa shape index (κ1) is 17.2. The van der Waals surface area contributed by atoms with Gasteiger partial charge in [0, 0.05) is 24.0 Å². The zero-order valence-electron chi connectivity index (χ0n) is 13.7. The highest BCUT2D eigenvalue weighted by Crippen LogP contribution is 2.15. The minimum absolute atomic E-state index is 0.0702. The van der Waals surface area contributed by atoms with Crippen LogP contribution in [0.4, 0.5) is 16.2 Å². The third kappa shape index (κ3) is 5.22. The molecule has 0 aliphatic carbocycles. The van der Waals surface area contributed by atoms with Gasteiger partial charge in [-0.2, -0.15) is 0 Å². The van der Waals surface area contributed by atoms with E-state index in [0.29, 0.717) is 24.5 Å². The molecule has 0 unspecified atom stereocenters. The number of urea groups is 1. The van der Waals surface area contributed by atoms with E-state index in [0.717, 1.165) is 0 Å². The number of morpholine rings is 1. The topological polar surface area (TPSA) is 91.5 Å². The molecule has 7 heteroatoms. The Hall–Kier alpha value is -2.12. The molecule has 1 aliphatic rings. The lowest BCUT2D eigenvalue weighted by Crippen LogP contribution is -2.53. The third-order valence-corrected chi connectivity index (χ3v) is 3.43. The molecule has 1 aromatic rings. The molecule has 3 amide bonds. The van der Waals surface area contributed by atoms with Gasteiger partial charge in [-0.3, -0.25) is 4.79 Å². The minimum atomic E-state index is -0.363. The number of anilines is 2. The van der Waals surface area contributed by atoms with Crippen LogP contribution in [0.2, 0.25) is 0 Å². The fraction of sp³-hybridized carbons (Fsp3) is 0.500. The van der Waals surface area contributed by atoms with Crippen LogP contribution in [-0.4, -0.2) is 43.3 Å². The van der Waals surface area contributed by atoms with Crippen molar-refractivity contribution in [2.45, 2.75) is 39.0 Å². The molecule has 126 valence electrons. The van der Waals surface area contributed by atoms with E-state index in [4.69, 9.17) is 4.74 Å². The number of hydrogen-bond acceptors (Lipinski definition) is 4. The number of hydrogen-bond donors (Lipinski definition) is 4. The molecular formula is C16H24N4O3. The number of ether oxygens (including phenoxy) is 1. The van der Waals surface area contributed by atoms with Crippen molar-refractivity contribution in [3.8, 4) is 0 Å². The Balaban J connectivity index is 1.89. The summed E-state index contributed by atoms with van der Waals surface area (Å²) in [5.41, 5.74) is 1.33. The number of nitrogens with one attached hydrogen (secondary N) is 4. The van der Waals surface area contributed by atoms with Gasteiger partial charge < -0.3 is 26.0 Å². The summed E-state index contributed by atoms with van der Waals surface area (Å²) in [5.74, 6) is -0.129. The second-order valence-electron chi connectivity index (χ2n) is 5.83. The molecule has 2 rings (SSSR count). The fourth-order valence-electron chi connectivity index (χ4n) is 2.31. The summed E-state index contributed by atoms with van der Waals surface area (Å²) in [6, 6.07) is 6.43. The summed E-state index contributed by atoms with van der Waals surface area (Å²) < 4.78 is 5.47. The summed E-state index contributed by atoms with van der Waals surface area (Å²) in [4.78, 5) is 23.8. The third-order valence-electron chi connectivity index (χ3n) is 3.43. The van der Waals surface area contributed by atoms with Gasteiger partial charge >= 0.3 is 6.03 Å². The van der Waals surface area contributed by atoms with E-state index in [1.54, 1.807) is 24.3 Å². The highest BCUT2D eigenvalue weighted by molar-refractivity contribution is 5.96. The molecule has 2 atom stereocenters. The second-order valence-corrected chi connectivity index (χ2v) is 5.83. The van der Waals surface area contributed by atoms with Crippen LogP contribution >= 0.6 is 0 Å². The monoisotopic (exact) mass is 320 g/mol. The Morgan fingerprint density at radius 1 is 1.17 bits per heavy atom. The highest BCUT2D eigenvalue weighted by Gasteiger charge is 2.28. The van der Waals surface area contributed by atoms with Gasteiger partial charge in [-0.25, -0.2) is 4.79 Å². The predicted octanol–water partition coefficient (Wildman–Crippen LogP) is 1.53. The summed E-state index contributed by atoms with van der Waals surface area (Å²) in [6.07, 6.45) is -0.163. The molecule has 0 aromatic heterocycles. The van der Waals surface area contributed by atoms with E-state index in [1.807, 2.05) is 20.8 Å². The Labute approximate surface area is 136 Å². The minimum Gasteiger partial charge on any atom is -0.375 e. The number of carbonyl (C=O) groups excluding carboxylic acids is 2. The van der Waals surface area contributed by atoms with Gasteiger partial charge in [0.25, 0.3) is 0 Å². The van der Waals surface area contributed by atoms with Crippen LogP contribution in [-0.2, 0) is 9.53 Å². The van der Waals surface area contributed by atoms with E-state index in [2.05, 4.69) is 21.3 Å². The summed E-state index contributed by atoms with van der Waals surface area (Å²) in [6.45, 7) is 6.93. The van der Waals surface area contributed by atoms with Crippen LogP contribution < -0.4 is 21.3 Å². The van der Waals surface area contributed by atoms with E-state index >= 15 is 0 Å². The van der Waals surface area contributed by atoms with Crippen LogP contribution in [0.1, 0.15) is 20.8 Å². The lowest BCUT2D eigenvalue weighted by Gasteiger charge is -2.29. The van der Waals surface area contributed by atoms with Crippen molar-refractivity contribution in [2.24, 2.45) is 0 Å². The second kappa shape index (κ2) is 7.94. The molecule has 1 saturated heterocycles. The Morgan fingerprint density at radius 2 is 1.78 bits per heavy atom. The molecule has 7 nitrogen and oxygen atoms in total. The predicted molar refractivity (Wildman–Crippen MR) is 89.6 cm³/mol. The molecule has 0 spiro atoms. The molecule has 1 aliphatic heterocycles. The van der Waals surface area contributed by atoms with Crippen molar-refractivity contribution in [1.29, 1.82) is 0 Å². The largest absolute Gasteiger partial charge is 0.375 e. The molecular weight excluding hydrogens is 296 g/mol. The van der Waals surface area contributed by atoms with Gasteiger partial charge in [-0.05, 0) is 45.0 Å². The maximum absolute atomic E-state index is 12.2. The van der Waals surface area contributed by atoms with Crippen molar-refractivity contribution >= 4 is 23.3 Å². The molecule has 0 bridgehead atoms. The maximum atomic E-state index is 12.2. The summed E-state index contributed by atoms with van der Waals surface area (Å²) >= 11 is 0. The van der Waals surface area contributed by atoms with Gasteiger partial charge in [0.05, 0.1) is 12.7 Å². The van der Waals surface area contributed by atoms with Crippen LogP contribution in [0.5, 0.6) is 0 Å². The van der Waals surface area contributed by atoms with Crippen LogP contribution in [0, 0.1) is 0 Å². The zero-order chi connectivity index (χ0) is 16.8. The zero-order valence-corrected chi connectivity index (χ0v) is 13.7. The SMILES string of the molecule is CC(C)NC(=O)Nc1ccc(NC(=O)[C@H]2NCCO[C@@H]2C)cc1. The average molecular weight is 320 g/mol.